The number of anilines is 2. The second kappa shape index (κ2) is 24.4. The predicted octanol–water partition coefficient (Wildman–Crippen LogP) is 12.8. The van der Waals surface area contributed by atoms with Gasteiger partial charge in [0.05, 0.1) is 39.3 Å². The first kappa shape index (κ1) is 61.0. The number of hydrogen-bond donors (Lipinski definition) is 4. The van der Waals surface area contributed by atoms with Crippen LogP contribution in [0.5, 0.6) is 0 Å². The van der Waals surface area contributed by atoms with E-state index in [-0.39, 0.29) is 46.7 Å². The van der Waals surface area contributed by atoms with Gasteiger partial charge in [-0.3, -0.25) is 15.0 Å². The van der Waals surface area contributed by atoms with Crippen molar-refractivity contribution in [3.8, 4) is 0 Å². The lowest BCUT2D eigenvalue weighted by molar-refractivity contribution is -0.137. The zero-order chi connectivity index (χ0) is 57.7. The molecule has 424 valence electrons. The van der Waals surface area contributed by atoms with Gasteiger partial charge < -0.3 is 41.0 Å². The van der Waals surface area contributed by atoms with Crippen molar-refractivity contribution < 1.29 is 58.6 Å². The molecule has 6 aromatic rings. The number of aromatic nitrogens is 3. The number of nitrogens with zero attached hydrogens (tertiary/aromatic N) is 5. The van der Waals surface area contributed by atoms with Gasteiger partial charge in [-0.25, -0.2) is 9.59 Å². The molecular formula is C55H65BrF9N9O4. The molecule has 3 aliphatic rings. The van der Waals surface area contributed by atoms with Crippen molar-refractivity contribution in [1.82, 2.24) is 30.9 Å². The maximum atomic E-state index is 13.3. The lowest BCUT2D eigenvalue weighted by atomic mass is 10.1. The van der Waals surface area contributed by atoms with Crippen LogP contribution < -0.4 is 31.5 Å². The number of hydrogen-bond acceptors (Lipinski definition) is 11. The molecule has 0 spiro atoms. The summed E-state index contributed by atoms with van der Waals surface area (Å²) in [7, 11) is 0. The number of pyridine rings is 3. The molecule has 3 saturated heterocycles. The quantitative estimate of drug-likeness (QED) is 0.124. The molecule has 13 nitrogen and oxygen atoms in total. The van der Waals surface area contributed by atoms with Crippen molar-refractivity contribution >= 4 is 72.2 Å². The molecule has 3 aromatic carbocycles. The summed E-state index contributed by atoms with van der Waals surface area (Å²) in [5, 5.41) is 10.4. The Kier molecular flexibility index (Phi) is 19.1. The fourth-order valence-electron chi connectivity index (χ4n) is 9.15. The number of carbonyl (C=O) groups is 2. The van der Waals surface area contributed by atoms with Gasteiger partial charge in [0.2, 0.25) is 0 Å². The molecule has 0 radical (unpaired) electrons. The summed E-state index contributed by atoms with van der Waals surface area (Å²) in [6.07, 6.45) is -9.95. The Labute approximate surface area is 455 Å². The maximum absolute atomic E-state index is 13.3. The van der Waals surface area contributed by atoms with Gasteiger partial charge in [0.25, 0.3) is 0 Å². The van der Waals surface area contributed by atoms with Crippen molar-refractivity contribution in [3.05, 3.63) is 113 Å². The second-order valence-electron chi connectivity index (χ2n) is 21.6. The van der Waals surface area contributed by atoms with E-state index >= 15 is 0 Å². The molecule has 3 fully saturated rings. The zero-order valence-electron chi connectivity index (χ0n) is 44.6. The minimum Gasteiger partial charge on any atom is -0.444 e. The van der Waals surface area contributed by atoms with Crippen molar-refractivity contribution in [3.63, 3.8) is 0 Å². The van der Waals surface area contributed by atoms with Crippen LogP contribution in [0.25, 0.3) is 32.7 Å². The van der Waals surface area contributed by atoms with Crippen molar-refractivity contribution in [2.24, 2.45) is 23.5 Å². The number of halogens is 10. The Bertz CT molecular complexity index is 3030. The van der Waals surface area contributed by atoms with Gasteiger partial charge in [-0.1, -0.05) is 42.8 Å². The van der Waals surface area contributed by atoms with Crippen molar-refractivity contribution in [2.45, 2.75) is 110 Å². The van der Waals surface area contributed by atoms with Gasteiger partial charge in [-0.2, -0.15) is 39.5 Å². The third-order valence-electron chi connectivity index (χ3n) is 13.0. The van der Waals surface area contributed by atoms with E-state index in [9.17, 15) is 49.1 Å². The molecule has 5 N–H and O–H groups in total. The Morgan fingerprint density at radius 1 is 0.551 bits per heavy atom. The molecule has 9 rings (SSSR count). The first-order valence-corrected chi connectivity index (χ1v) is 26.0. The number of benzene rings is 3. The largest absolute Gasteiger partial charge is 0.444 e. The monoisotopic (exact) mass is 1170 g/mol. The highest BCUT2D eigenvalue weighted by molar-refractivity contribution is 9.10. The van der Waals surface area contributed by atoms with Crippen LogP contribution in [0.1, 0.15) is 79.0 Å². The Morgan fingerprint density at radius 2 is 0.949 bits per heavy atom. The summed E-state index contributed by atoms with van der Waals surface area (Å²) in [6, 6.07) is 17.5. The molecule has 0 aliphatic carbocycles. The summed E-state index contributed by atoms with van der Waals surface area (Å²) < 4.78 is 128. The lowest BCUT2D eigenvalue weighted by Crippen LogP contribution is -2.42. The molecule has 6 atom stereocenters. The summed E-state index contributed by atoms with van der Waals surface area (Å²) in [5.74, 6) is 0.906. The average molecular weight is 1170 g/mol. The molecule has 3 aromatic heterocycles. The minimum atomic E-state index is -4.47. The van der Waals surface area contributed by atoms with E-state index in [4.69, 9.17) is 15.2 Å². The number of ether oxygens (including phenoxy) is 2. The molecule has 0 bridgehead atoms. The number of alkyl halides is 9. The molecule has 3 aliphatic heterocycles. The minimum absolute atomic E-state index is 0.00405. The van der Waals surface area contributed by atoms with Crippen LogP contribution in [0.2, 0.25) is 0 Å². The number of carbonyl (C=O) groups excluding carboxylic acids is 2. The Hall–Kier alpha value is -6.20. The predicted molar refractivity (Wildman–Crippen MR) is 287 cm³/mol. The first-order valence-electron chi connectivity index (χ1n) is 25.2. The molecular weight excluding hydrogens is 1100 g/mol. The Balaban J connectivity index is 0.000000175. The van der Waals surface area contributed by atoms with Gasteiger partial charge >= 0.3 is 30.7 Å². The number of alkyl carbamates (subject to hydrolysis) is 2. The number of nitrogens with two attached hydrogens (primary N) is 1. The van der Waals surface area contributed by atoms with Crippen molar-refractivity contribution in [2.75, 3.05) is 49.1 Å². The normalized spacial score (nSPS) is 20.8. The first-order chi connectivity index (χ1) is 36.2. The average Bonchev–Trinajstić information content (AvgIpc) is 4.08. The summed E-state index contributed by atoms with van der Waals surface area (Å²) in [4.78, 5) is 39.2. The van der Waals surface area contributed by atoms with Gasteiger partial charge in [0, 0.05) is 95.4 Å². The van der Waals surface area contributed by atoms with E-state index < -0.39 is 52.5 Å². The smallest absolute Gasteiger partial charge is 0.418 e. The van der Waals surface area contributed by atoms with E-state index in [2.05, 4.69) is 60.7 Å². The zero-order valence-corrected chi connectivity index (χ0v) is 46.2. The highest BCUT2D eigenvalue weighted by Gasteiger charge is 2.38. The standard InChI is InChI=1S/C20H24F3N3O2.C15H16F3N3.C10H5BrF3N.C10H20N2O2/c1-12-10-26(11-15(12)25-18(27)28-19(2,3)4)16-8-7-14(20(21,22)23)17-13(16)6-5-9-24-17;1-9-7-21(8-12(9)19)13-5-4-11(15(16,17)18)14-10(13)3-2-6-20-14;11-8-4-3-7(10(12,13)14)9-6(8)2-1-5-15-9;1-7-5-11-6-8(7)12-9(13)14-10(2,3)4/h5-9,12,15H,10-11H2,1-4H3,(H,25,27);2-6,9,12H,7-8,19H2,1H3;1-5H;7-8,11H,5-6H2,1-4H3,(H,12,13)/t12-,15+;9-,12+;;7-,8+/m11.1/s1. The second-order valence-corrected chi connectivity index (χ2v) is 22.5. The van der Waals surface area contributed by atoms with E-state index in [1.165, 1.54) is 36.8 Å². The number of rotatable bonds is 4. The van der Waals surface area contributed by atoms with Crippen LogP contribution >= 0.6 is 15.9 Å². The highest BCUT2D eigenvalue weighted by atomic mass is 79.9. The third kappa shape index (κ3) is 16.0. The summed E-state index contributed by atoms with van der Waals surface area (Å²) in [6.45, 7) is 21.4. The lowest BCUT2D eigenvalue weighted by Gasteiger charge is -2.24. The summed E-state index contributed by atoms with van der Waals surface area (Å²) in [5.41, 5.74) is 4.20. The van der Waals surface area contributed by atoms with E-state index in [1.54, 1.807) is 57.2 Å². The van der Waals surface area contributed by atoms with Crippen LogP contribution in [0.3, 0.4) is 0 Å². The molecule has 2 amide bonds. The molecule has 6 heterocycles. The molecule has 0 saturated carbocycles. The van der Waals surface area contributed by atoms with Crippen LogP contribution in [0.15, 0.2) is 95.9 Å². The van der Waals surface area contributed by atoms with Crippen molar-refractivity contribution in [1.29, 1.82) is 0 Å². The van der Waals surface area contributed by atoms with E-state index in [0.717, 1.165) is 43.5 Å². The number of fused-ring (bicyclic) bond motifs is 3. The number of nitrogens with one attached hydrogen (secondary N) is 3. The van der Waals surface area contributed by atoms with E-state index in [1.807, 2.05) is 37.5 Å². The fourth-order valence-corrected chi connectivity index (χ4v) is 9.60. The molecule has 23 heteroatoms. The molecule has 78 heavy (non-hydrogen) atoms. The van der Waals surface area contributed by atoms with E-state index in [0.29, 0.717) is 57.8 Å². The van der Waals surface area contributed by atoms with Crippen LogP contribution in [-0.2, 0) is 28.0 Å². The van der Waals surface area contributed by atoms with Crippen LogP contribution in [0, 0.1) is 17.8 Å². The Morgan fingerprint density at radius 3 is 1.35 bits per heavy atom. The van der Waals surface area contributed by atoms with Gasteiger partial charge in [-0.05, 0) is 133 Å². The third-order valence-corrected chi connectivity index (χ3v) is 13.7. The fraction of sp³-hybridized carbons (Fsp3) is 0.473. The topological polar surface area (TPSA) is 160 Å². The summed E-state index contributed by atoms with van der Waals surface area (Å²) >= 11 is 3.19. The van der Waals surface area contributed by atoms with Crippen LogP contribution in [-0.4, -0.2) is 95.7 Å². The highest BCUT2D eigenvalue weighted by Crippen LogP contribution is 2.41. The number of amides is 2. The van der Waals surface area contributed by atoms with Gasteiger partial charge in [0.15, 0.2) is 0 Å². The molecule has 0 unspecified atom stereocenters. The SMILES string of the molecule is C[C@@H]1CN(c2ccc(C(F)(F)F)c3ncccc23)C[C@@H]1N.C[C@@H]1CN(c2ccc(C(F)(F)F)c3ncccc23)C[C@@H]1NC(=O)OC(C)(C)C.C[C@@H]1CNC[C@@H]1NC(=O)OC(C)(C)C.FC(F)(F)c1ccc(Br)c2cccnc12. The van der Waals surface area contributed by atoms with Gasteiger partial charge in [-0.15, -0.1) is 0 Å². The maximum Gasteiger partial charge on any atom is 0.418 e. The van der Waals surface area contributed by atoms with Crippen LogP contribution in [0.4, 0.5) is 60.5 Å². The van der Waals surface area contributed by atoms with Gasteiger partial charge in [0.1, 0.15) is 11.2 Å².